The largest absolute Gasteiger partial charge is 0.339 e. The molecule has 4 aliphatic heterocycles. The Hall–Kier alpha value is -1.67. The Bertz CT molecular complexity index is 632. The fraction of sp³-hybridized carbons (Fsp3) is 0.842. The predicted molar refractivity (Wildman–Crippen MR) is 101 cm³/mol. The van der Waals surface area contributed by atoms with E-state index in [9.17, 15) is 4.79 Å². The molecular formula is C19H32N6O2. The predicted octanol–water partition coefficient (Wildman–Crippen LogP) is 1.19. The van der Waals surface area contributed by atoms with Crippen molar-refractivity contribution in [3.05, 3.63) is 11.7 Å². The highest BCUT2D eigenvalue weighted by molar-refractivity contribution is 5.74. The molecule has 0 aromatic carbocycles. The summed E-state index contributed by atoms with van der Waals surface area (Å²) in [5.74, 6) is 2.51. The van der Waals surface area contributed by atoms with E-state index < -0.39 is 0 Å². The Balaban J connectivity index is 1.21. The molecule has 1 aromatic rings. The monoisotopic (exact) mass is 376 g/mol. The van der Waals surface area contributed by atoms with Crippen molar-refractivity contribution in [3.63, 3.8) is 0 Å². The van der Waals surface area contributed by atoms with Crippen LogP contribution in [0.25, 0.3) is 0 Å². The van der Waals surface area contributed by atoms with Gasteiger partial charge in [-0.2, -0.15) is 4.98 Å². The van der Waals surface area contributed by atoms with E-state index in [1.165, 1.54) is 32.5 Å². The molecule has 150 valence electrons. The van der Waals surface area contributed by atoms with Crippen LogP contribution in [0, 0.1) is 11.8 Å². The highest BCUT2D eigenvalue weighted by Crippen LogP contribution is 2.31. The summed E-state index contributed by atoms with van der Waals surface area (Å²) in [7, 11) is 0. The molecule has 1 N–H and O–H groups in total. The first-order chi connectivity index (χ1) is 13.1. The SMILES string of the molecule is CC(C)Cc1nc(CNC(=O)N2CCN([C@@H]3CN4CCC3CC4)CC2)no1. The lowest BCUT2D eigenvalue weighted by Crippen LogP contribution is -2.62. The zero-order chi connectivity index (χ0) is 18.8. The van der Waals surface area contributed by atoms with Gasteiger partial charge in [0.2, 0.25) is 5.89 Å². The smallest absolute Gasteiger partial charge is 0.317 e. The number of rotatable bonds is 5. The van der Waals surface area contributed by atoms with Crippen LogP contribution in [0.4, 0.5) is 4.79 Å². The highest BCUT2D eigenvalue weighted by Gasteiger charge is 2.38. The molecule has 0 spiro atoms. The fourth-order valence-corrected chi connectivity index (χ4v) is 4.66. The summed E-state index contributed by atoms with van der Waals surface area (Å²) in [6.07, 6.45) is 3.45. The van der Waals surface area contributed by atoms with Crippen LogP contribution in [-0.4, -0.2) is 82.7 Å². The van der Waals surface area contributed by atoms with Gasteiger partial charge in [0.05, 0.1) is 6.54 Å². The van der Waals surface area contributed by atoms with Crippen LogP contribution in [0.5, 0.6) is 0 Å². The third-order valence-electron chi connectivity index (χ3n) is 6.18. The number of amides is 2. The number of fused-ring (bicyclic) bond motifs is 3. The van der Waals surface area contributed by atoms with Gasteiger partial charge in [0.25, 0.3) is 0 Å². The molecule has 1 aromatic heterocycles. The van der Waals surface area contributed by atoms with E-state index in [-0.39, 0.29) is 6.03 Å². The first-order valence-corrected chi connectivity index (χ1v) is 10.4. The summed E-state index contributed by atoms with van der Waals surface area (Å²) in [5.41, 5.74) is 0. The zero-order valence-corrected chi connectivity index (χ0v) is 16.6. The van der Waals surface area contributed by atoms with E-state index in [4.69, 9.17) is 4.52 Å². The first kappa shape index (κ1) is 18.7. The van der Waals surface area contributed by atoms with E-state index in [0.717, 1.165) is 38.5 Å². The van der Waals surface area contributed by atoms with Gasteiger partial charge in [0, 0.05) is 45.2 Å². The van der Waals surface area contributed by atoms with Crippen LogP contribution in [-0.2, 0) is 13.0 Å². The van der Waals surface area contributed by atoms with E-state index in [1.807, 2.05) is 4.90 Å². The molecule has 5 rings (SSSR count). The lowest BCUT2D eigenvalue weighted by molar-refractivity contribution is -0.0103. The number of hydrogen-bond acceptors (Lipinski definition) is 6. The molecule has 8 heteroatoms. The summed E-state index contributed by atoms with van der Waals surface area (Å²) in [6, 6.07) is 0.662. The Kier molecular flexibility index (Phi) is 5.63. The van der Waals surface area contributed by atoms with Crippen LogP contribution in [0.3, 0.4) is 0 Å². The molecule has 0 radical (unpaired) electrons. The van der Waals surface area contributed by atoms with E-state index >= 15 is 0 Å². The molecule has 2 amide bonds. The second-order valence-electron chi connectivity index (χ2n) is 8.59. The quantitative estimate of drug-likeness (QED) is 0.832. The van der Waals surface area contributed by atoms with Crippen molar-refractivity contribution in [2.45, 2.75) is 45.7 Å². The molecule has 2 bridgehead atoms. The number of piperidine rings is 3. The first-order valence-electron chi connectivity index (χ1n) is 10.4. The summed E-state index contributed by atoms with van der Waals surface area (Å²) in [4.78, 5) is 23.9. The third kappa shape index (κ3) is 4.43. The van der Waals surface area contributed by atoms with Crippen LogP contribution >= 0.6 is 0 Å². The molecule has 5 heterocycles. The van der Waals surface area contributed by atoms with Crippen molar-refractivity contribution in [1.82, 2.24) is 30.2 Å². The maximum absolute atomic E-state index is 12.5. The number of carbonyl (C=O) groups is 1. The van der Waals surface area contributed by atoms with E-state index in [2.05, 4.69) is 39.1 Å². The summed E-state index contributed by atoms with van der Waals surface area (Å²) < 4.78 is 5.22. The van der Waals surface area contributed by atoms with Gasteiger partial charge in [0.15, 0.2) is 5.82 Å². The van der Waals surface area contributed by atoms with Crippen LogP contribution < -0.4 is 5.32 Å². The van der Waals surface area contributed by atoms with Gasteiger partial charge in [-0.3, -0.25) is 4.90 Å². The second-order valence-corrected chi connectivity index (χ2v) is 8.59. The molecule has 0 aliphatic carbocycles. The minimum atomic E-state index is -0.0289. The van der Waals surface area contributed by atoms with Crippen molar-refractivity contribution in [1.29, 1.82) is 0 Å². The van der Waals surface area contributed by atoms with Gasteiger partial charge >= 0.3 is 6.03 Å². The number of hydrogen-bond donors (Lipinski definition) is 1. The van der Waals surface area contributed by atoms with Crippen molar-refractivity contribution in [2.75, 3.05) is 45.8 Å². The number of urea groups is 1. The Morgan fingerprint density at radius 1 is 1.19 bits per heavy atom. The average Bonchev–Trinajstić information content (AvgIpc) is 3.13. The van der Waals surface area contributed by atoms with Gasteiger partial charge in [0.1, 0.15) is 0 Å². The Labute approximate surface area is 161 Å². The standard InChI is InChI=1S/C19H32N6O2/c1-14(2)11-18-21-17(22-27-18)12-20-19(26)25-9-7-24(8-10-25)16-13-23-5-3-15(16)4-6-23/h14-16H,3-13H2,1-2H3,(H,20,26)/t16-/m1/s1. The molecule has 0 saturated carbocycles. The number of carbonyl (C=O) groups excluding carboxylic acids is 1. The Morgan fingerprint density at radius 2 is 1.93 bits per heavy atom. The topological polar surface area (TPSA) is 77.7 Å². The maximum Gasteiger partial charge on any atom is 0.317 e. The van der Waals surface area contributed by atoms with Crippen molar-refractivity contribution in [2.24, 2.45) is 11.8 Å². The van der Waals surface area contributed by atoms with Crippen molar-refractivity contribution in [3.8, 4) is 0 Å². The fourth-order valence-electron chi connectivity index (χ4n) is 4.66. The van der Waals surface area contributed by atoms with Gasteiger partial charge in [-0.05, 0) is 37.8 Å². The normalized spacial score (nSPS) is 28.7. The van der Waals surface area contributed by atoms with Crippen molar-refractivity contribution >= 4 is 6.03 Å². The molecule has 4 aliphatic rings. The third-order valence-corrected chi connectivity index (χ3v) is 6.18. The number of nitrogens with one attached hydrogen (secondary N) is 1. The maximum atomic E-state index is 12.5. The Morgan fingerprint density at radius 3 is 2.56 bits per heavy atom. The lowest BCUT2D eigenvalue weighted by atomic mass is 9.83. The second kappa shape index (κ2) is 8.14. The van der Waals surface area contributed by atoms with Gasteiger partial charge in [-0.15, -0.1) is 0 Å². The molecule has 0 unspecified atom stereocenters. The average molecular weight is 377 g/mol. The number of aromatic nitrogens is 2. The van der Waals surface area contributed by atoms with E-state index in [1.54, 1.807) is 0 Å². The van der Waals surface area contributed by atoms with Crippen molar-refractivity contribution < 1.29 is 9.32 Å². The minimum Gasteiger partial charge on any atom is -0.339 e. The van der Waals surface area contributed by atoms with Gasteiger partial charge < -0.3 is 19.6 Å². The highest BCUT2D eigenvalue weighted by atomic mass is 16.5. The summed E-state index contributed by atoms with van der Waals surface area (Å²) in [5, 5.41) is 6.88. The summed E-state index contributed by atoms with van der Waals surface area (Å²) in [6.45, 7) is 11.8. The minimum absolute atomic E-state index is 0.0289. The zero-order valence-electron chi connectivity index (χ0n) is 16.6. The van der Waals surface area contributed by atoms with Gasteiger partial charge in [-0.1, -0.05) is 19.0 Å². The molecular weight excluding hydrogens is 344 g/mol. The van der Waals surface area contributed by atoms with Gasteiger partial charge in [-0.25, -0.2) is 4.79 Å². The lowest BCUT2D eigenvalue weighted by Gasteiger charge is -2.50. The molecule has 8 nitrogen and oxygen atoms in total. The molecule has 1 atom stereocenters. The van der Waals surface area contributed by atoms with Crippen LogP contribution in [0.15, 0.2) is 4.52 Å². The number of nitrogens with zero attached hydrogens (tertiary/aromatic N) is 5. The molecule has 4 fully saturated rings. The van der Waals surface area contributed by atoms with E-state index in [0.29, 0.717) is 30.2 Å². The molecule has 4 saturated heterocycles. The number of piperazine rings is 1. The summed E-state index contributed by atoms with van der Waals surface area (Å²) >= 11 is 0. The molecule has 27 heavy (non-hydrogen) atoms. The van der Waals surface area contributed by atoms with Crippen LogP contribution in [0.2, 0.25) is 0 Å². The van der Waals surface area contributed by atoms with Crippen LogP contribution in [0.1, 0.15) is 38.4 Å².